The molecule has 2 heterocycles. The van der Waals surface area contributed by atoms with Gasteiger partial charge in [-0.3, -0.25) is 14.3 Å². The van der Waals surface area contributed by atoms with E-state index in [4.69, 9.17) is 11.6 Å². The van der Waals surface area contributed by atoms with Gasteiger partial charge in [-0.1, -0.05) is 11.6 Å². The second-order valence-electron chi connectivity index (χ2n) is 8.04. The van der Waals surface area contributed by atoms with Gasteiger partial charge in [0.2, 0.25) is 5.78 Å². The number of amides is 1. The number of nitrogens with one attached hydrogen (secondary N) is 2. The van der Waals surface area contributed by atoms with Crippen LogP contribution >= 0.6 is 22.9 Å². The fourth-order valence-corrected chi connectivity index (χ4v) is 6.93. The van der Waals surface area contributed by atoms with Crippen molar-refractivity contribution in [3.05, 3.63) is 52.5 Å². The summed E-state index contributed by atoms with van der Waals surface area (Å²) < 4.78 is 30.0. The largest absolute Gasteiger partial charge is 0.381 e. The predicted molar refractivity (Wildman–Crippen MR) is 128 cm³/mol. The molecule has 2 atom stereocenters. The Morgan fingerprint density at radius 2 is 1.88 bits per heavy atom. The van der Waals surface area contributed by atoms with E-state index in [-0.39, 0.29) is 10.3 Å². The van der Waals surface area contributed by atoms with Gasteiger partial charge in [0, 0.05) is 41.2 Å². The molecule has 0 fully saturated rings. The Balaban J connectivity index is 1.69. The second-order valence-corrected chi connectivity index (χ2v) is 11.4. The highest BCUT2D eigenvalue weighted by atomic mass is 35.5. The molecule has 3 aromatic rings. The summed E-state index contributed by atoms with van der Waals surface area (Å²) in [4.78, 5) is 26.3. The number of sulfonamides is 1. The minimum atomic E-state index is -3.87. The Kier molecular flexibility index (Phi) is 5.68. The molecule has 2 N–H and O–H groups in total. The SMILES string of the molecule is Cc1c(S(=O)(=O)Nc2ccc3c(c2)C(C(=O)C(=O)N(C)C)C(C)N3)sc2ccc(Cl)cc12. The summed E-state index contributed by atoms with van der Waals surface area (Å²) in [6, 6.07) is 9.96. The molecular formula is C22H22ClN3O4S2. The molecule has 7 nitrogen and oxygen atoms in total. The van der Waals surface area contributed by atoms with Crippen molar-refractivity contribution in [1.29, 1.82) is 0 Å². The normalized spacial score (nSPS) is 17.7. The summed E-state index contributed by atoms with van der Waals surface area (Å²) in [6.07, 6.45) is 0. The molecule has 0 aliphatic carbocycles. The average Bonchev–Trinajstić information content (AvgIpc) is 3.23. The molecule has 0 saturated heterocycles. The molecule has 1 aliphatic heterocycles. The Labute approximate surface area is 195 Å². The van der Waals surface area contributed by atoms with E-state index >= 15 is 0 Å². The van der Waals surface area contributed by atoms with E-state index in [1.165, 1.54) is 30.3 Å². The van der Waals surface area contributed by atoms with Crippen molar-refractivity contribution in [3.8, 4) is 0 Å². The van der Waals surface area contributed by atoms with Gasteiger partial charge >= 0.3 is 0 Å². The van der Waals surface area contributed by atoms with Crippen molar-refractivity contribution in [2.45, 2.75) is 30.0 Å². The molecule has 1 amide bonds. The summed E-state index contributed by atoms with van der Waals surface area (Å²) in [5.74, 6) is -1.83. The van der Waals surface area contributed by atoms with Crippen LogP contribution in [0.3, 0.4) is 0 Å². The third-order valence-electron chi connectivity index (χ3n) is 5.52. The summed E-state index contributed by atoms with van der Waals surface area (Å²) in [6.45, 7) is 3.57. The number of hydrogen-bond acceptors (Lipinski definition) is 6. The summed E-state index contributed by atoms with van der Waals surface area (Å²) >= 11 is 7.24. The fraction of sp³-hybridized carbons (Fsp3) is 0.273. The van der Waals surface area contributed by atoms with Crippen molar-refractivity contribution in [3.63, 3.8) is 0 Å². The van der Waals surface area contributed by atoms with Crippen molar-refractivity contribution >= 4 is 66.1 Å². The standard InChI is InChI=1S/C22H22ClN3O4S2/c1-11-15-9-13(23)5-8-18(15)31-22(11)32(29,30)25-14-6-7-17-16(10-14)19(12(2)24-17)20(27)21(28)26(3)4/h5-10,12,19,24-25H,1-4H3. The number of carbonyl (C=O) groups excluding carboxylic acids is 2. The quantitative estimate of drug-likeness (QED) is 0.521. The van der Waals surface area contributed by atoms with Crippen molar-refractivity contribution in [1.82, 2.24) is 4.90 Å². The Morgan fingerprint density at radius 1 is 1.16 bits per heavy atom. The Hall–Kier alpha value is -2.62. The molecule has 1 aromatic heterocycles. The lowest BCUT2D eigenvalue weighted by molar-refractivity contribution is -0.143. The van der Waals surface area contributed by atoms with Crippen LogP contribution < -0.4 is 10.0 Å². The first kappa shape index (κ1) is 22.6. The smallest absolute Gasteiger partial charge is 0.290 e. The molecular weight excluding hydrogens is 470 g/mol. The molecule has 2 unspecified atom stereocenters. The van der Waals surface area contributed by atoms with Gasteiger partial charge in [-0.15, -0.1) is 11.3 Å². The van der Waals surface area contributed by atoms with Crippen molar-refractivity contribution in [2.75, 3.05) is 24.1 Å². The van der Waals surface area contributed by atoms with E-state index in [9.17, 15) is 18.0 Å². The molecule has 0 spiro atoms. The third kappa shape index (κ3) is 3.85. The first-order chi connectivity index (χ1) is 15.0. The zero-order chi connectivity index (χ0) is 23.4. The first-order valence-electron chi connectivity index (χ1n) is 9.87. The lowest BCUT2D eigenvalue weighted by atomic mass is 9.91. The molecule has 32 heavy (non-hydrogen) atoms. The number of anilines is 2. The lowest BCUT2D eigenvalue weighted by Crippen LogP contribution is -2.36. The summed E-state index contributed by atoms with van der Waals surface area (Å²) in [5.41, 5.74) is 2.25. The number of ketones is 1. The van der Waals surface area contributed by atoms with Crippen LogP contribution in [0, 0.1) is 6.92 Å². The van der Waals surface area contributed by atoms with Gasteiger partial charge in [0.15, 0.2) is 0 Å². The summed E-state index contributed by atoms with van der Waals surface area (Å²) in [7, 11) is -0.818. The minimum absolute atomic E-state index is 0.206. The number of rotatable bonds is 5. The number of fused-ring (bicyclic) bond motifs is 2. The van der Waals surface area contributed by atoms with Crippen molar-refractivity contribution in [2.24, 2.45) is 0 Å². The van der Waals surface area contributed by atoms with E-state index in [1.807, 2.05) is 6.92 Å². The number of benzene rings is 2. The van der Waals surface area contributed by atoms with Crippen molar-refractivity contribution < 1.29 is 18.0 Å². The number of aryl methyl sites for hydroxylation is 1. The maximum atomic E-state index is 13.2. The number of Topliss-reactive ketones (excluding diaryl/α,β-unsaturated/α-hetero) is 1. The van der Waals surface area contributed by atoms with Gasteiger partial charge in [0.05, 0.1) is 5.92 Å². The van der Waals surface area contributed by atoms with Gasteiger partial charge in [-0.25, -0.2) is 8.42 Å². The number of hydrogen-bond donors (Lipinski definition) is 2. The van der Waals surface area contributed by atoms with Crippen LogP contribution in [-0.2, 0) is 19.6 Å². The van der Waals surface area contributed by atoms with Crippen LogP contribution in [0.4, 0.5) is 11.4 Å². The zero-order valence-electron chi connectivity index (χ0n) is 17.9. The number of thiophene rings is 1. The van der Waals surface area contributed by atoms with E-state index in [2.05, 4.69) is 10.0 Å². The number of nitrogens with zero attached hydrogens (tertiary/aromatic N) is 1. The highest BCUT2D eigenvalue weighted by molar-refractivity contribution is 7.94. The van der Waals surface area contributed by atoms with E-state index in [0.717, 1.165) is 10.1 Å². The first-order valence-corrected chi connectivity index (χ1v) is 12.5. The fourth-order valence-electron chi connectivity index (χ4n) is 3.96. The molecule has 2 aromatic carbocycles. The van der Waals surface area contributed by atoms with Crippen LogP contribution in [0.15, 0.2) is 40.6 Å². The maximum Gasteiger partial charge on any atom is 0.290 e. The number of halogens is 1. The van der Waals surface area contributed by atoms with Gasteiger partial charge in [-0.05, 0) is 66.8 Å². The molecule has 0 radical (unpaired) electrons. The predicted octanol–water partition coefficient (Wildman–Crippen LogP) is 4.22. The van der Waals surface area contributed by atoms with E-state index in [1.54, 1.807) is 43.3 Å². The van der Waals surface area contributed by atoms with Crippen LogP contribution in [0.1, 0.15) is 24.0 Å². The number of likely N-dealkylation sites (N-methyl/N-ethyl adjacent to an activating group) is 1. The topological polar surface area (TPSA) is 95.6 Å². The van der Waals surface area contributed by atoms with Gasteiger partial charge in [0.1, 0.15) is 4.21 Å². The monoisotopic (exact) mass is 491 g/mol. The second kappa shape index (κ2) is 8.06. The maximum absolute atomic E-state index is 13.2. The zero-order valence-corrected chi connectivity index (χ0v) is 20.3. The van der Waals surface area contributed by atoms with Crippen LogP contribution in [-0.4, -0.2) is 45.1 Å². The van der Waals surface area contributed by atoms with Gasteiger partial charge < -0.3 is 10.2 Å². The van der Waals surface area contributed by atoms with Crippen LogP contribution in [0.2, 0.25) is 5.02 Å². The highest BCUT2D eigenvalue weighted by Crippen LogP contribution is 2.40. The lowest BCUT2D eigenvalue weighted by Gasteiger charge is -2.17. The Bertz CT molecular complexity index is 1360. The highest BCUT2D eigenvalue weighted by Gasteiger charge is 2.38. The average molecular weight is 492 g/mol. The third-order valence-corrected chi connectivity index (χ3v) is 9.03. The minimum Gasteiger partial charge on any atom is -0.381 e. The number of carbonyl (C=O) groups is 2. The molecule has 1 aliphatic rings. The molecule has 0 bridgehead atoms. The molecule has 4 rings (SSSR count). The van der Waals surface area contributed by atoms with E-state index in [0.29, 0.717) is 27.5 Å². The van der Waals surface area contributed by atoms with Gasteiger partial charge in [0.25, 0.3) is 15.9 Å². The van der Waals surface area contributed by atoms with Crippen LogP contribution in [0.25, 0.3) is 10.1 Å². The molecule has 0 saturated carbocycles. The molecule has 10 heteroatoms. The van der Waals surface area contributed by atoms with E-state index < -0.39 is 27.6 Å². The summed E-state index contributed by atoms with van der Waals surface area (Å²) in [5, 5.41) is 4.53. The van der Waals surface area contributed by atoms with Crippen LogP contribution in [0.5, 0.6) is 0 Å². The Morgan fingerprint density at radius 3 is 2.56 bits per heavy atom. The van der Waals surface area contributed by atoms with Gasteiger partial charge in [-0.2, -0.15) is 0 Å². The molecule has 168 valence electrons.